The molecule has 0 aromatic carbocycles. The Balaban J connectivity index is 6.21. The van der Waals surface area contributed by atoms with Crippen molar-refractivity contribution in [1.82, 2.24) is 4.90 Å². The Labute approximate surface area is 143 Å². The minimum atomic E-state index is -2.62. The van der Waals surface area contributed by atoms with Gasteiger partial charge < -0.3 is 37.0 Å². The standard InChI is InChI=1S/C12H23N3O8S/c13-7(3-17)9(20)15(10(21)8(14)4-24)12(5-18,11(22)23)1-6(19)2-16/h6-8,16-19,24H,1-5,13-14H2,(H,22,23). The van der Waals surface area contributed by atoms with Crippen molar-refractivity contribution in [2.24, 2.45) is 11.5 Å². The van der Waals surface area contributed by atoms with Crippen LogP contribution in [-0.4, -0.2) is 97.5 Å². The number of nitrogens with zero attached hydrogens (tertiary/aromatic N) is 1. The number of aliphatic hydroxyl groups excluding tert-OH is 4. The van der Waals surface area contributed by atoms with Gasteiger partial charge in [-0.25, -0.2) is 4.79 Å². The van der Waals surface area contributed by atoms with E-state index in [1.165, 1.54) is 0 Å². The Morgan fingerprint density at radius 2 is 1.54 bits per heavy atom. The number of aliphatic carboxylic acids is 1. The molecule has 9 N–H and O–H groups in total. The average Bonchev–Trinajstić information content (AvgIpc) is 2.58. The second-order valence-electron chi connectivity index (χ2n) is 5.13. The van der Waals surface area contributed by atoms with Gasteiger partial charge in [0.1, 0.15) is 6.04 Å². The van der Waals surface area contributed by atoms with E-state index in [1.807, 2.05) is 0 Å². The number of carbonyl (C=O) groups is 3. The lowest BCUT2D eigenvalue weighted by atomic mass is 9.89. The van der Waals surface area contributed by atoms with E-state index in [-0.39, 0.29) is 10.7 Å². The zero-order chi connectivity index (χ0) is 19.1. The van der Waals surface area contributed by atoms with Gasteiger partial charge in [0.2, 0.25) is 11.8 Å². The summed E-state index contributed by atoms with van der Waals surface area (Å²) < 4.78 is 0. The highest BCUT2D eigenvalue weighted by Gasteiger charge is 2.52. The number of amides is 2. The zero-order valence-corrected chi connectivity index (χ0v) is 13.7. The highest BCUT2D eigenvalue weighted by atomic mass is 32.1. The van der Waals surface area contributed by atoms with Gasteiger partial charge in [-0.15, -0.1) is 0 Å². The minimum Gasteiger partial charge on any atom is -0.479 e. The van der Waals surface area contributed by atoms with Crippen LogP contribution in [0.25, 0.3) is 0 Å². The van der Waals surface area contributed by atoms with Crippen molar-refractivity contribution < 1.29 is 39.9 Å². The molecule has 140 valence electrons. The smallest absolute Gasteiger partial charge is 0.332 e. The molecule has 12 heteroatoms. The van der Waals surface area contributed by atoms with Gasteiger partial charge in [0.05, 0.1) is 32.0 Å². The van der Waals surface area contributed by atoms with Crippen LogP contribution >= 0.6 is 12.6 Å². The van der Waals surface area contributed by atoms with Crippen LogP contribution in [0, 0.1) is 0 Å². The highest BCUT2D eigenvalue weighted by Crippen LogP contribution is 2.25. The van der Waals surface area contributed by atoms with Gasteiger partial charge in [-0.05, 0) is 0 Å². The van der Waals surface area contributed by atoms with E-state index < -0.39 is 67.8 Å². The molecule has 2 amide bonds. The summed E-state index contributed by atoms with van der Waals surface area (Å²) in [5.41, 5.74) is 8.25. The Morgan fingerprint density at radius 1 is 1.04 bits per heavy atom. The SMILES string of the molecule is NC(CO)C(=O)N(C(=O)C(N)CS)C(CO)(CC(O)CO)C(=O)O. The second kappa shape index (κ2) is 9.88. The summed E-state index contributed by atoms with van der Waals surface area (Å²) in [6.45, 7) is -3.05. The third-order valence-electron chi connectivity index (χ3n) is 3.34. The molecule has 0 bridgehead atoms. The number of hydrogen-bond donors (Lipinski definition) is 8. The summed E-state index contributed by atoms with van der Waals surface area (Å²) >= 11 is 3.79. The molecule has 0 aliphatic rings. The fourth-order valence-electron chi connectivity index (χ4n) is 1.95. The van der Waals surface area contributed by atoms with Crippen molar-refractivity contribution in [3.8, 4) is 0 Å². The van der Waals surface area contributed by atoms with Crippen molar-refractivity contribution in [3.05, 3.63) is 0 Å². The Bertz CT molecular complexity index is 444. The number of nitrogens with two attached hydrogens (primary N) is 2. The molecule has 0 spiro atoms. The summed E-state index contributed by atoms with van der Waals surface area (Å²) in [6.07, 6.45) is -2.53. The number of thiol groups is 1. The van der Waals surface area contributed by atoms with Crippen molar-refractivity contribution in [1.29, 1.82) is 0 Å². The van der Waals surface area contributed by atoms with Gasteiger partial charge in [0, 0.05) is 12.2 Å². The molecule has 0 aliphatic heterocycles. The molecule has 24 heavy (non-hydrogen) atoms. The summed E-state index contributed by atoms with van der Waals surface area (Å²) in [6, 6.07) is -3.06. The lowest BCUT2D eigenvalue weighted by Crippen LogP contribution is -2.68. The average molecular weight is 369 g/mol. The van der Waals surface area contributed by atoms with E-state index in [9.17, 15) is 29.7 Å². The predicted molar refractivity (Wildman–Crippen MR) is 83.9 cm³/mol. The lowest BCUT2D eigenvalue weighted by Gasteiger charge is -2.40. The topological polar surface area (TPSA) is 208 Å². The van der Waals surface area contributed by atoms with Crippen LogP contribution in [0.15, 0.2) is 0 Å². The molecule has 4 atom stereocenters. The highest BCUT2D eigenvalue weighted by molar-refractivity contribution is 7.80. The molecule has 4 unspecified atom stereocenters. The van der Waals surface area contributed by atoms with Crippen LogP contribution in [0.1, 0.15) is 6.42 Å². The predicted octanol–water partition coefficient (Wildman–Crippen LogP) is -4.52. The van der Waals surface area contributed by atoms with Crippen LogP contribution in [-0.2, 0) is 14.4 Å². The van der Waals surface area contributed by atoms with Gasteiger partial charge >= 0.3 is 5.97 Å². The maximum absolute atomic E-state index is 12.4. The first kappa shape index (κ1) is 22.7. The third-order valence-corrected chi connectivity index (χ3v) is 3.73. The molecule has 0 saturated heterocycles. The molecule has 0 heterocycles. The number of carboxylic acid groups (broad SMARTS) is 1. The van der Waals surface area contributed by atoms with Gasteiger partial charge in [0.15, 0.2) is 5.54 Å². The minimum absolute atomic E-state index is 0.121. The van der Waals surface area contributed by atoms with E-state index in [0.29, 0.717) is 0 Å². The zero-order valence-electron chi connectivity index (χ0n) is 12.8. The number of imide groups is 1. The third kappa shape index (κ3) is 4.86. The first-order valence-corrected chi connectivity index (χ1v) is 7.50. The largest absolute Gasteiger partial charge is 0.479 e. The van der Waals surface area contributed by atoms with E-state index in [0.717, 1.165) is 0 Å². The molecule has 0 radical (unpaired) electrons. The van der Waals surface area contributed by atoms with Gasteiger partial charge in [-0.3, -0.25) is 14.5 Å². The van der Waals surface area contributed by atoms with Crippen LogP contribution < -0.4 is 11.5 Å². The summed E-state index contributed by atoms with van der Waals surface area (Å²) in [7, 11) is 0. The van der Waals surface area contributed by atoms with Crippen molar-refractivity contribution in [2.45, 2.75) is 30.1 Å². The number of hydrogen-bond acceptors (Lipinski definition) is 10. The molecule has 0 rings (SSSR count). The van der Waals surface area contributed by atoms with Crippen LogP contribution in [0.5, 0.6) is 0 Å². The fraction of sp³-hybridized carbons (Fsp3) is 0.750. The number of rotatable bonds is 10. The second-order valence-corrected chi connectivity index (χ2v) is 5.49. The number of carboxylic acids is 1. The molecule has 0 aliphatic carbocycles. The van der Waals surface area contributed by atoms with Crippen LogP contribution in [0.2, 0.25) is 0 Å². The quantitative estimate of drug-likeness (QED) is 0.173. The van der Waals surface area contributed by atoms with Crippen LogP contribution in [0.4, 0.5) is 0 Å². The normalized spacial score (nSPS) is 17.5. The number of carbonyl (C=O) groups excluding carboxylic acids is 2. The van der Waals surface area contributed by atoms with E-state index in [2.05, 4.69) is 12.6 Å². The molecule has 0 aromatic heterocycles. The maximum Gasteiger partial charge on any atom is 0.332 e. The monoisotopic (exact) mass is 369 g/mol. The van der Waals surface area contributed by atoms with E-state index in [4.69, 9.17) is 21.7 Å². The first-order chi connectivity index (χ1) is 11.1. The van der Waals surface area contributed by atoms with Gasteiger partial charge in [0.25, 0.3) is 0 Å². The summed E-state index contributed by atoms with van der Waals surface area (Å²) in [5.74, 6) is -4.58. The molecular weight excluding hydrogens is 346 g/mol. The molecule has 0 aromatic rings. The Hall–Kier alpha value is -1.28. The van der Waals surface area contributed by atoms with Crippen molar-refractivity contribution in [3.63, 3.8) is 0 Å². The molecule has 11 nitrogen and oxygen atoms in total. The van der Waals surface area contributed by atoms with E-state index >= 15 is 0 Å². The maximum atomic E-state index is 12.4. The number of aliphatic hydroxyl groups is 4. The summed E-state index contributed by atoms with van der Waals surface area (Å²) in [4.78, 5) is 36.6. The van der Waals surface area contributed by atoms with Gasteiger partial charge in [-0.2, -0.15) is 12.6 Å². The van der Waals surface area contributed by atoms with Gasteiger partial charge in [-0.1, -0.05) is 0 Å². The molecule has 0 saturated carbocycles. The Morgan fingerprint density at radius 3 is 1.88 bits per heavy atom. The molecular formula is C12H23N3O8S. The Kier molecular flexibility index (Phi) is 9.35. The fourth-order valence-corrected chi connectivity index (χ4v) is 2.11. The molecule has 0 fully saturated rings. The van der Waals surface area contributed by atoms with E-state index in [1.54, 1.807) is 0 Å². The van der Waals surface area contributed by atoms with Crippen LogP contribution in [0.3, 0.4) is 0 Å². The lowest BCUT2D eigenvalue weighted by molar-refractivity contribution is -0.174. The first-order valence-electron chi connectivity index (χ1n) is 6.86. The van der Waals surface area contributed by atoms with Crippen molar-refractivity contribution >= 4 is 30.4 Å². The summed E-state index contributed by atoms with van der Waals surface area (Å²) in [5, 5.41) is 46.6. The van der Waals surface area contributed by atoms with Crippen molar-refractivity contribution in [2.75, 3.05) is 25.6 Å².